The first-order valence-electron chi connectivity index (χ1n) is 8.99. The zero-order chi connectivity index (χ0) is 17.5. The number of hydrogen-bond donors (Lipinski definition) is 0. The molecule has 3 heterocycles. The quantitative estimate of drug-likeness (QED) is 0.800. The van der Waals surface area contributed by atoms with Crippen molar-refractivity contribution in [2.75, 3.05) is 26.2 Å². The molecule has 1 aliphatic rings. The van der Waals surface area contributed by atoms with Gasteiger partial charge >= 0.3 is 0 Å². The number of aryl methyl sites for hydroxylation is 1. The van der Waals surface area contributed by atoms with E-state index in [1.807, 2.05) is 4.90 Å². The Morgan fingerprint density at radius 3 is 2.84 bits per heavy atom. The number of carbonyl (C=O) groups is 1. The number of aromatic nitrogens is 3. The summed E-state index contributed by atoms with van der Waals surface area (Å²) in [5.41, 5.74) is 0.695. The lowest BCUT2D eigenvalue weighted by molar-refractivity contribution is 0.0760. The predicted molar refractivity (Wildman–Crippen MR) is 92.9 cm³/mol. The van der Waals surface area contributed by atoms with Gasteiger partial charge in [0.05, 0.1) is 6.54 Å². The molecule has 25 heavy (non-hydrogen) atoms. The van der Waals surface area contributed by atoms with Crippen LogP contribution in [0.1, 0.15) is 48.3 Å². The molecule has 1 amide bonds. The van der Waals surface area contributed by atoms with Crippen LogP contribution in [-0.4, -0.2) is 57.0 Å². The second-order valence-electron chi connectivity index (χ2n) is 6.37. The van der Waals surface area contributed by atoms with E-state index in [9.17, 15) is 4.79 Å². The number of unbranched alkanes of at least 4 members (excludes halogenated alkanes) is 1. The molecule has 0 radical (unpaired) electrons. The molecule has 0 N–H and O–H groups in total. The van der Waals surface area contributed by atoms with Crippen LogP contribution in [0, 0.1) is 0 Å². The molecule has 0 atom stereocenters. The average Bonchev–Trinajstić information content (AvgIpc) is 2.96. The van der Waals surface area contributed by atoms with Crippen LogP contribution in [0.5, 0.6) is 0 Å². The Balaban J connectivity index is 1.53. The van der Waals surface area contributed by atoms with E-state index < -0.39 is 0 Å². The van der Waals surface area contributed by atoms with E-state index in [0.29, 0.717) is 24.5 Å². The first kappa shape index (κ1) is 17.5. The topological polar surface area (TPSA) is 75.4 Å². The van der Waals surface area contributed by atoms with E-state index in [2.05, 4.69) is 26.9 Å². The third kappa shape index (κ3) is 4.85. The molecule has 134 valence electrons. The molecule has 0 aromatic carbocycles. The van der Waals surface area contributed by atoms with E-state index in [1.165, 1.54) is 0 Å². The lowest BCUT2D eigenvalue weighted by Gasteiger charge is -2.21. The summed E-state index contributed by atoms with van der Waals surface area (Å²) in [6.07, 6.45) is 7.32. The van der Waals surface area contributed by atoms with Crippen LogP contribution in [0.25, 0.3) is 0 Å². The van der Waals surface area contributed by atoms with Gasteiger partial charge in [0.2, 0.25) is 5.89 Å². The van der Waals surface area contributed by atoms with Crippen LogP contribution in [0.3, 0.4) is 0 Å². The highest BCUT2D eigenvalue weighted by Crippen LogP contribution is 2.11. The minimum absolute atomic E-state index is 0.0730. The van der Waals surface area contributed by atoms with Crippen LogP contribution in [0.4, 0.5) is 0 Å². The normalized spacial score (nSPS) is 16.0. The Bertz CT molecular complexity index is 673. The molecule has 7 nitrogen and oxygen atoms in total. The Hall–Kier alpha value is -2.28. The first-order valence-corrected chi connectivity index (χ1v) is 8.99. The predicted octanol–water partition coefficient (Wildman–Crippen LogP) is 2.16. The highest BCUT2D eigenvalue weighted by atomic mass is 16.5. The zero-order valence-electron chi connectivity index (χ0n) is 14.7. The van der Waals surface area contributed by atoms with E-state index in [1.54, 1.807) is 24.5 Å². The minimum Gasteiger partial charge on any atom is -0.338 e. The molecule has 1 saturated heterocycles. The molecule has 7 heteroatoms. The summed E-state index contributed by atoms with van der Waals surface area (Å²) in [4.78, 5) is 25.2. The van der Waals surface area contributed by atoms with E-state index >= 15 is 0 Å². The second-order valence-corrected chi connectivity index (χ2v) is 6.37. The Labute approximate surface area is 148 Å². The fourth-order valence-electron chi connectivity index (χ4n) is 2.99. The summed E-state index contributed by atoms with van der Waals surface area (Å²) in [5.74, 6) is 1.53. The molecule has 0 aliphatic carbocycles. The van der Waals surface area contributed by atoms with Gasteiger partial charge in [-0.15, -0.1) is 0 Å². The van der Waals surface area contributed by atoms with Crippen molar-refractivity contribution in [2.24, 2.45) is 0 Å². The summed E-state index contributed by atoms with van der Waals surface area (Å²) in [6.45, 7) is 6.01. The van der Waals surface area contributed by atoms with Crippen molar-refractivity contribution >= 4 is 5.91 Å². The van der Waals surface area contributed by atoms with Crippen LogP contribution in [-0.2, 0) is 13.0 Å². The standard InChI is InChI=1S/C18H25N5O2/c1-2-3-5-16-20-17(25-21-16)14-22-10-4-11-23(13-12-22)18(24)15-6-8-19-9-7-15/h6-9H,2-5,10-14H2,1H3. The number of hydrogen-bond acceptors (Lipinski definition) is 6. The highest BCUT2D eigenvalue weighted by molar-refractivity contribution is 5.94. The van der Waals surface area contributed by atoms with Gasteiger partial charge in [0.1, 0.15) is 0 Å². The Kier molecular flexibility index (Phi) is 6.11. The van der Waals surface area contributed by atoms with E-state index in [4.69, 9.17) is 4.52 Å². The molecule has 1 fully saturated rings. The minimum atomic E-state index is 0.0730. The number of carbonyl (C=O) groups excluding carboxylic acids is 1. The fourth-order valence-corrected chi connectivity index (χ4v) is 2.99. The van der Waals surface area contributed by atoms with Crippen molar-refractivity contribution in [3.63, 3.8) is 0 Å². The molecule has 0 spiro atoms. The molecule has 1 aliphatic heterocycles. The average molecular weight is 343 g/mol. The summed E-state index contributed by atoms with van der Waals surface area (Å²) >= 11 is 0. The van der Waals surface area contributed by atoms with Crippen molar-refractivity contribution < 1.29 is 9.32 Å². The monoisotopic (exact) mass is 343 g/mol. The summed E-state index contributed by atoms with van der Waals surface area (Å²) in [6, 6.07) is 3.53. The summed E-state index contributed by atoms with van der Waals surface area (Å²) in [5, 5.41) is 4.04. The fraction of sp³-hybridized carbons (Fsp3) is 0.556. The van der Waals surface area contributed by atoms with Crippen LogP contribution in [0.2, 0.25) is 0 Å². The Morgan fingerprint density at radius 1 is 1.20 bits per heavy atom. The van der Waals surface area contributed by atoms with E-state index in [-0.39, 0.29) is 5.91 Å². The molecular formula is C18H25N5O2. The Morgan fingerprint density at radius 2 is 2.04 bits per heavy atom. The molecule has 3 rings (SSSR count). The van der Waals surface area contributed by atoms with Gasteiger partial charge in [-0.3, -0.25) is 14.7 Å². The number of pyridine rings is 1. The number of rotatable bonds is 6. The van der Waals surface area contributed by atoms with Gasteiger partial charge < -0.3 is 9.42 Å². The first-order chi connectivity index (χ1) is 12.3. The highest BCUT2D eigenvalue weighted by Gasteiger charge is 2.21. The van der Waals surface area contributed by atoms with Gasteiger partial charge in [0, 0.05) is 50.6 Å². The third-order valence-corrected chi connectivity index (χ3v) is 4.43. The molecular weight excluding hydrogens is 318 g/mol. The molecule has 2 aromatic heterocycles. The summed E-state index contributed by atoms with van der Waals surface area (Å²) < 4.78 is 5.36. The number of nitrogens with zero attached hydrogens (tertiary/aromatic N) is 5. The van der Waals surface area contributed by atoms with Gasteiger partial charge in [0.25, 0.3) is 5.91 Å². The van der Waals surface area contributed by atoms with Gasteiger partial charge in [-0.1, -0.05) is 18.5 Å². The van der Waals surface area contributed by atoms with Gasteiger partial charge in [-0.05, 0) is 25.0 Å². The second kappa shape index (κ2) is 8.71. The third-order valence-electron chi connectivity index (χ3n) is 4.43. The van der Waals surface area contributed by atoms with E-state index in [0.717, 1.165) is 51.1 Å². The van der Waals surface area contributed by atoms with Gasteiger partial charge in [-0.25, -0.2) is 0 Å². The van der Waals surface area contributed by atoms with Crippen LogP contribution in [0.15, 0.2) is 29.0 Å². The van der Waals surface area contributed by atoms with Crippen molar-refractivity contribution in [2.45, 2.75) is 39.2 Å². The maximum Gasteiger partial charge on any atom is 0.254 e. The van der Waals surface area contributed by atoms with Crippen molar-refractivity contribution in [1.82, 2.24) is 24.9 Å². The lowest BCUT2D eigenvalue weighted by atomic mass is 10.2. The number of amides is 1. The SMILES string of the molecule is CCCCc1noc(CN2CCCN(C(=O)c3ccncc3)CC2)n1. The largest absolute Gasteiger partial charge is 0.338 e. The maximum atomic E-state index is 12.6. The van der Waals surface area contributed by atoms with Crippen LogP contribution < -0.4 is 0 Å². The maximum absolute atomic E-state index is 12.6. The van der Waals surface area contributed by atoms with Crippen molar-refractivity contribution in [3.8, 4) is 0 Å². The molecule has 2 aromatic rings. The van der Waals surface area contributed by atoms with Crippen molar-refractivity contribution in [3.05, 3.63) is 41.8 Å². The van der Waals surface area contributed by atoms with Gasteiger partial charge in [0.15, 0.2) is 5.82 Å². The molecule has 0 bridgehead atoms. The van der Waals surface area contributed by atoms with Crippen molar-refractivity contribution in [1.29, 1.82) is 0 Å². The van der Waals surface area contributed by atoms with Crippen LogP contribution >= 0.6 is 0 Å². The smallest absolute Gasteiger partial charge is 0.254 e. The zero-order valence-corrected chi connectivity index (χ0v) is 14.7. The lowest BCUT2D eigenvalue weighted by Crippen LogP contribution is -2.35. The van der Waals surface area contributed by atoms with Gasteiger partial charge in [-0.2, -0.15) is 4.98 Å². The summed E-state index contributed by atoms with van der Waals surface area (Å²) in [7, 11) is 0. The molecule has 0 unspecified atom stereocenters. The molecule has 0 saturated carbocycles.